The first-order valence-electron chi connectivity index (χ1n) is 15.3. The Hall–Kier alpha value is -5.44. The number of amides is 3. The minimum atomic E-state index is -0.981. The van der Waals surface area contributed by atoms with E-state index >= 15 is 0 Å². The number of carbonyl (C=O) groups is 4. The number of rotatable bonds is 4. The SMILES string of the molecule is CC1CC(=O)NCCN1.Cc1ccc(-n2nccn2)c(C(=O)N2CCNC(=O)CC2C)c1.Cc1ccc(-n2nccn2)c(C(=O)O)c1. The molecule has 2 aromatic carbocycles. The summed E-state index contributed by atoms with van der Waals surface area (Å²) in [6, 6.07) is 10.9. The molecule has 2 fully saturated rings. The van der Waals surface area contributed by atoms with Gasteiger partial charge in [0.2, 0.25) is 11.8 Å². The van der Waals surface area contributed by atoms with E-state index in [0.717, 1.165) is 24.2 Å². The van der Waals surface area contributed by atoms with Crippen molar-refractivity contribution in [2.24, 2.45) is 0 Å². The molecule has 15 heteroatoms. The number of aromatic carboxylic acids is 1. The largest absolute Gasteiger partial charge is 0.478 e. The minimum absolute atomic E-state index is 0.0222. The molecule has 2 aliphatic heterocycles. The van der Waals surface area contributed by atoms with Crippen molar-refractivity contribution in [3.8, 4) is 11.4 Å². The smallest absolute Gasteiger partial charge is 0.337 e. The van der Waals surface area contributed by atoms with E-state index < -0.39 is 5.97 Å². The van der Waals surface area contributed by atoms with Gasteiger partial charge in [0.1, 0.15) is 5.69 Å². The number of carboxylic acid groups (broad SMARTS) is 1. The fraction of sp³-hybridized carbons (Fsp3) is 0.375. The van der Waals surface area contributed by atoms with E-state index in [-0.39, 0.29) is 29.3 Å². The highest BCUT2D eigenvalue weighted by Gasteiger charge is 2.28. The Balaban J connectivity index is 0.000000178. The molecular formula is C32H40N10O5. The summed E-state index contributed by atoms with van der Waals surface area (Å²) in [6.45, 7) is 10.3. The van der Waals surface area contributed by atoms with Crippen LogP contribution in [0.4, 0.5) is 0 Å². The van der Waals surface area contributed by atoms with E-state index in [0.29, 0.717) is 48.9 Å². The second kappa shape index (κ2) is 16.2. The van der Waals surface area contributed by atoms with Crippen LogP contribution in [0.5, 0.6) is 0 Å². The van der Waals surface area contributed by atoms with Crippen molar-refractivity contribution in [2.75, 3.05) is 26.2 Å². The lowest BCUT2D eigenvalue weighted by molar-refractivity contribution is -0.121. The summed E-state index contributed by atoms with van der Waals surface area (Å²) in [6.07, 6.45) is 7.08. The molecule has 2 aromatic heterocycles. The van der Waals surface area contributed by atoms with Crippen LogP contribution in [-0.4, -0.2) is 102 Å². The number of nitrogens with one attached hydrogen (secondary N) is 3. The predicted octanol–water partition coefficient (Wildman–Crippen LogP) is 1.68. The van der Waals surface area contributed by atoms with Crippen LogP contribution in [0, 0.1) is 13.8 Å². The van der Waals surface area contributed by atoms with Crippen LogP contribution in [0.15, 0.2) is 61.2 Å². The molecular weight excluding hydrogens is 604 g/mol. The van der Waals surface area contributed by atoms with E-state index in [4.69, 9.17) is 5.11 Å². The molecule has 47 heavy (non-hydrogen) atoms. The Morgan fingerprint density at radius 1 is 0.745 bits per heavy atom. The van der Waals surface area contributed by atoms with Crippen LogP contribution < -0.4 is 16.0 Å². The first-order valence-corrected chi connectivity index (χ1v) is 15.3. The van der Waals surface area contributed by atoms with Gasteiger partial charge in [0.15, 0.2) is 0 Å². The van der Waals surface area contributed by atoms with Gasteiger partial charge in [-0.3, -0.25) is 14.4 Å². The summed E-state index contributed by atoms with van der Waals surface area (Å²) in [5.74, 6) is -0.950. The molecule has 0 aliphatic carbocycles. The lowest BCUT2D eigenvalue weighted by Gasteiger charge is -2.27. The van der Waals surface area contributed by atoms with Gasteiger partial charge in [-0.15, -0.1) is 0 Å². The van der Waals surface area contributed by atoms with Crippen molar-refractivity contribution in [2.45, 2.75) is 52.6 Å². The maximum atomic E-state index is 13.1. The van der Waals surface area contributed by atoms with Crippen LogP contribution >= 0.6 is 0 Å². The number of nitrogens with zero attached hydrogens (tertiary/aromatic N) is 7. The topological polar surface area (TPSA) is 189 Å². The van der Waals surface area contributed by atoms with Crippen LogP contribution in [0.25, 0.3) is 11.4 Å². The summed E-state index contributed by atoms with van der Waals surface area (Å²) < 4.78 is 0. The lowest BCUT2D eigenvalue weighted by Crippen LogP contribution is -2.40. The molecule has 248 valence electrons. The second-order valence-corrected chi connectivity index (χ2v) is 11.3. The monoisotopic (exact) mass is 644 g/mol. The highest BCUT2D eigenvalue weighted by atomic mass is 16.4. The van der Waals surface area contributed by atoms with Crippen LogP contribution in [0.1, 0.15) is 58.5 Å². The maximum absolute atomic E-state index is 13.1. The normalized spacial score (nSPS) is 17.8. The van der Waals surface area contributed by atoms with Gasteiger partial charge in [-0.1, -0.05) is 23.3 Å². The number of aryl methyl sites for hydroxylation is 2. The van der Waals surface area contributed by atoms with E-state index in [9.17, 15) is 19.2 Å². The average Bonchev–Trinajstić information content (AvgIpc) is 3.71. The summed E-state index contributed by atoms with van der Waals surface area (Å²) in [5, 5.41) is 33.8. The van der Waals surface area contributed by atoms with Crippen LogP contribution in [0.2, 0.25) is 0 Å². The molecule has 3 amide bonds. The van der Waals surface area contributed by atoms with E-state index in [1.807, 2.05) is 52.0 Å². The van der Waals surface area contributed by atoms with Gasteiger partial charge in [-0.25, -0.2) is 4.79 Å². The van der Waals surface area contributed by atoms with Crippen molar-refractivity contribution >= 4 is 23.7 Å². The van der Waals surface area contributed by atoms with Crippen LogP contribution in [-0.2, 0) is 9.59 Å². The third kappa shape index (κ3) is 9.53. The van der Waals surface area contributed by atoms with Gasteiger partial charge in [0.25, 0.3) is 5.91 Å². The van der Waals surface area contributed by atoms with E-state index in [1.165, 1.54) is 22.0 Å². The van der Waals surface area contributed by atoms with E-state index in [1.54, 1.807) is 29.4 Å². The summed E-state index contributed by atoms with van der Waals surface area (Å²) in [5.41, 5.74) is 3.73. The third-order valence-corrected chi connectivity index (χ3v) is 7.41. The van der Waals surface area contributed by atoms with Gasteiger partial charge < -0.3 is 26.0 Å². The molecule has 0 spiro atoms. The number of carbonyl (C=O) groups excluding carboxylic acids is 3. The van der Waals surface area contributed by atoms with Crippen molar-refractivity contribution in [1.82, 2.24) is 50.8 Å². The standard InChI is InChI=1S/C16H19N5O2.C10H9N3O2.C6H12N2O/c1-11-3-4-14(21-18-5-6-19-21)13(9-11)16(23)20-8-7-17-15(22)10-12(20)2;1-7-2-3-9(8(6-7)10(14)15)13-11-4-5-12-13;1-5-4-6(9)8-3-2-7-5/h3-6,9,12H,7-8,10H2,1-2H3,(H,17,22);2-6H,1H3,(H,14,15);5,7H,2-4H2,1H3,(H,8,9). The first kappa shape index (κ1) is 34.4. The number of hydrogen-bond acceptors (Lipinski definition) is 9. The molecule has 15 nitrogen and oxygen atoms in total. The van der Waals surface area contributed by atoms with Gasteiger partial charge >= 0.3 is 5.97 Å². The molecule has 2 unspecified atom stereocenters. The molecule has 2 saturated heterocycles. The molecule has 0 bridgehead atoms. The summed E-state index contributed by atoms with van der Waals surface area (Å²) in [7, 11) is 0. The zero-order valence-electron chi connectivity index (χ0n) is 26.9. The average molecular weight is 645 g/mol. The van der Waals surface area contributed by atoms with Crippen molar-refractivity contribution in [3.05, 3.63) is 83.4 Å². The second-order valence-electron chi connectivity index (χ2n) is 11.3. The minimum Gasteiger partial charge on any atom is -0.478 e. The van der Waals surface area contributed by atoms with E-state index in [2.05, 4.69) is 36.3 Å². The Kier molecular flexibility index (Phi) is 11.9. The van der Waals surface area contributed by atoms with Gasteiger partial charge in [0.05, 0.1) is 41.6 Å². The van der Waals surface area contributed by atoms with Crippen molar-refractivity contribution in [1.29, 1.82) is 0 Å². The number of benzene rings is 2. The molecule has 6 rings (SSSR count). The zero-order chi connectivity index (χ0) is 33.9. The number of carboxylic acids is 1. The maximum Gasteiger partial charge on any atom is 0.337 e. The van der Waals surface area contributed by atoms with Crippen molar-refractivity contribution < 1.29 is 24.3 Å². The van der Waals surface area contributed by atoms with Crippen molar-refractivity contribution in [3.63, 3.8) is 0 Å². The Morgan fingerprint density at radius 2 is 1.26 bits per heavy atom. The quantitative estimate of drug-likeness (QED) is 0.254. The highest BCUT2D eigenvalue weighted by molar-refractivity contribution is 5.98. The predicted molar refractivity (Wildman–Crippen MR) is 172 cm³/mol. The lowest BCUT2D eigenvalue weighted by atomic mass is 10.1. The highest BCUT2D eigenvalue weighted by Crippen LogP contribution is 2.20. The number of hydrogen-bond donors (Lipinski definition) is 4. The van der Waals surface area contributed by atoms with Gasteiger partial charge in [-0.05, 0) is 52.0 Å². The Bertz CT molecular complexity index is 1670. The Morgan fingerprint density at radius 3 is 1.83 bits per heavy atom. The fourth-order valence-corrected chi connectivity index (χ4v) is 5.06. The zero-order valence-corrected chi connectivity index (χ0v) is 26.9. The molecule has 0 radical (unpaired) electrons. The molecule has 0 saturated carbocycles. The van der Waals surface area contributed by atoms with Crippen LogP contribution in [0.3, 0.4) is 0 Å². The Labute approximate surface area is 272 Å². The third-order valence-electron chi connectivity index (χ3n) is 7.41. The molecule has 4 aromatic rings. The first-order chi connectivity index (χ1) is 22.5. The molecule has 4 N–H and O–H groups in total. The number of aromatic nitrogens is 6. The fourth-order valence-electron chi connectivity index (χ4n) is 5.06. The summed E-state index contributed by atoms with van der Waals surface area (Å²) >= 11 is 0. The summed E-state index contributed by atoms with van der Waals surface area (Å²) in [4.78, 5) is 50.9. The molecule has 2 aliphatic rings. The molecule has 2 atom stereocenters. The molecule has 4 heterocycles. The van der Waals surface area contributed by atoms with Gasteiger partial charge in [0, 0.05) is 51.1 Å². The van der Waals surface area contributed by atoms with Gasteiger partial charge in [-0.2, -0.15) is 30.0 Å².